The van der Waals surface area contributed by atoms with Gasteiger partial charge in [-0.1, -0.05) is 73.3 Å². The normalized spacial score (nSPS) is 10.8. The zero-order valence-electron chi connectivity index (χ0n) is 12.8. The molecule has 0 unspecified atom stereocenters. The van der Waals surface area contributed by atoms with Crippen LogP contribution in [0.2, 0.25) is 0 Å². The van der Waals surface area contributed by atoms with Crippen molar-refractivity contribution in [1.29, 1.82) is 0 Å². The van der Waals surface area contributed by atoms with Gasteiger partial charge in [0.25, 0.3) is 0 Å². The summed E-state index contributed by atoms with van der Waals surface area (Å²) >= 11 is 0. The summed E-state index contributed by atoms with van der Waals surface area (Å²) in [6.07, 6.45) is 1.86. The highest BCUT2D eigenvalue weighted by atomic mass is 14.9. The number of fused-ring (bicyclic) bond motifs is 3. The van der Waals surface area contributed by atoms with Gasteiger partial charge in [-0.3, -0.25) is 0 Å². The molecule has 4 aromatic rings. The predicted octanol–water partition coefficient (Wildman–Crippen LogP) is 6.38. The van der Waals surface area contributed by atoms with Gasteiger partial charge in [-0.25, -0.2) is 0 Å². The fraction of sp³-hybridized carbons (Fsp3) is 0. The molecule has 0 heterocycles. The highest BCUT2D eigenvalue weighted by Crippen LogP contribution is 2.33. The first-order valence-electron chi connectivity index (χ1n) is 7.75. The molecule has 0 amide bonds. The summed E-state index contributed by atoms with van der Waals surface area (Å²) in [7, 11) is 0. The summed E-state index contributed by atoms with van der Waals surface area (Å²) in [5.41, 5.74) is 3.33. The van der Waals surface area contributed by atoms with Gasteiger partial charge in [0.1, 0.15) is 0 Å². The molecule has 0 aliphatic heterocycles. The van der Waals surface area contributed by atoms with E-state index in [4.69, 9.17) is 0 Å². The Balaban J connectivity index is 1.88. The first kappa shape index (κ1) is 13.6. The van der Waals surface area contributed by atoms with Gasteiger partial charge in [0.15, 0.2) is 0 Å². The van der Waals surface area contributed by atoms with Crippen molar-refractivity contribution in [3.63, 3.8) is 0 Å². The largest absolute Gasteiger partial charge is 0.355 e. The number of hydrogen-bond donors (Lipinski definition) is 1. The van der Waals surface area contributed by atoms with Gasteiger partial charge in [0.05, 0.1) is 0 Å². The Bertz CT molecular complexity index is 997. The van der Waals surface area contributed by atoms with E-state index in [1.807, 2.05) is 6.08 Å². The van der Waals surface area contributed by atoms with Crippen LogP contribution in [0, 0.1) is 0 Å². The van der Waals surface area contributed by atoms with Crippen LogP contribution in [-0.4, -0.2) is 0 Å². The number of hydrogen-bond acceptors (Lipinski definition) is 1. The Hall–Kier alpha value is -3.06. The molecular weight excluding hydrogens is 278 g/mol. The van der Waals surface area contributed by atoms with Crippen molar-refractivity contribution in [2.24, 2.45) is 0 Å². The van der Waals surface area contributed by atoms with Gasteiger partial charge in [0, 0.05) is 16.8 Å². The van der Waals surface area contributed by atoms with E-state index >= 15 is 0 Å². The van der Waals surface area contributed by atoms with Crippen LogP contribution in [0.5, 0.6) is 0 Å². The van der Waals surface area contributed by atoms with Gasteiger partial charge in [0.2, 0.25) is 0 Å². The lowest BCUT2D eigenvalue weighted by Crippen LogP contribution is -1.92. The highest BCUT2D eigenvalue weighted by Gasteiger charge is 2.06. The average Bonchev–Trinajstić information content (AvgIpc) is 2.62. The Kier molecular flexibility index (Phi) is 3.32. The maximum absolute atomic E-state index is 3.80. The lowest BCUT2D eigenvalue weighted by molar-refractivity contribution is 1.57. The maximum Gasteiger partial charge on any atom is 0.0470 e. The minimum atomic E-state index is 1.08. The predicted molar refractivity (Wildman–Crippen MR) is 101 cm³/mol. The van der Waals surface area contributed by atoms with Gasteiger partial charge in [-0.05, 0) is 39.9 Å². The van der Waals surface area contributed by atoms with Crippen molar-refractivity contribution in [2.45, 2.75) is 0 Å². The Labute approximate surface area is 135 Å². The fourth-order valence-corrected chi connectivity index (χ4v) is 3.02. The van der Waals surface area contributed by atoms with E-state index in [9.17, 15) is 0 Å². The molecule has 1 heteroatoms. The zero-order valence-corrected chi connectivity index (χ0v) is 12.8. The smallest absolute Gasteiger partial charge is 0.0470 e. The Morgan fingerprint density at radius 3 is 2.09 bits per heavy atom. The molecule has 1 nitrogen and oxygen atoms in total. The molecule has 0 aliphatic rings. The molecule has 23 heavy (non-hydrogen) atoms. The van der Waals surface area contributed by atoms with Crippen molar-refractivity contribution >= 4 is 39.0 Å². The standard InChI is InChI=1S/C22H17N/c1-2-16-11-13-18(14-12-16)23-22-15-17-7-3-4-8-19(17)20-9-5-6-10-21(20)22/h2-15,23H,1H2. The number of benzene rings is 4. The molecule has 0 fully saturated rings. The van der Waals surface area contributed by atoms with E-state index in [0.717, 1.165) is 16.9 Å². The SMILES string of the molecule is C=Cc1ccc(Nc2cc3ccccc3c3ccccc23)cc1. The van der Waals surface area contributed by atoms with Crippen molar-refractivity contribution in [3.05, 3.63) is 91.0 Å². The molecule has 0 aromatic heterocycles. The molecule has 110 valence electrons. The Morgan fingerprint density at radius 1 is 0.696 bits per heavy atom. The van der Waals surface area contributed by atoms with E-state index in [2.05, 4.69) is 90.8 Å². The van der Waals surface area contributed by atoms with Gasteiger partial charge < -0.3 is 5.32 Å². The minimum Gasteiger partial charge on any atom is -0.355 e. The molecule has 0 saturated heterocycles. The first-order valence-corrected chi connectivity index (χ1v) is 7.75. The van der Waals surface area contributed by atoms with Crippen LogP contribution in [0.3, 0.4) is 0 Å². The van der Waals surface area contributed by atoms with E-state index in [1.54, 1.807) is 0 Å². The third-order valence-corrected chi connectivity index (χ3v) is 4.19. The maximum atomic E-state index is 3.80. The molecule has 0 saturated carbocycles. The first-order chi connectivity index (χ1) is 11.3. The molecule has 4 rings (SSSR count). The molecular formula is C22H17N. The summed E-state index contributed by atoms with van der Waals surface area (Å²) < 4.78 is 0. The van der Waals surface area contributed by atoms with Crippen LogP contribution < -0.4 is 5.32 Å². The van der Waals surface area contributed by atoms with E-state index in [-0.39, 0.29) is 0 Å². The second-order valence-corrected chi connectivity index (χ2v) is 5.64. The summed E-state index contributed by atoms with van der Waals surface area (Å²) in [6, 6.07) is 27.6. The summed E-state index contributed by atoms with van der Waals surface area (Å²) in [5, 5.41) is 8.60. The van der Waals surface area contributed by atoms with Crippen LogP contribution in [0.1, 0.15) is 5.56 Å². The van der Waals surface area contributed by atoms with Gasteiger partial charge in [-0.15, -0.1) is 0 Å². The summed E-state index contributed by atoms with van der Waals surface area (Å²) in [4.78, 5) is 0. The zero-order chi connectivity index (χ0) is 15.6. The van der Waals surface area contributed by atoms with E-state index < -0.39 is 0 Å². The quantitative estimate of drug-likeness (QED) is 0.432. The van der Waals surface area contributed by atoms with Crippen molar-refractivity contribution < 1.29 is 0 Å². The number of nitrogens with one attached hydrogen (secondary N) is 1. The minimum absolute atomic E-state index is 1.08. The van der Waals surface area contributed by atoms with Crippen molar-refractivity contribution in [3.8, 4) is 0 Å². The van der Waals surface area contributed by atoms with E-state index in [1.165, 1.54) is 21.5 Å². The van der Waals surface area contributed by atoms with Crippen LogP contribution in [0.15, 0.2) is 85.4 Å². The summed E-state index contributed by atoms with van der Waals surface area (Å²) in [6.45, 7) is 3.80. The second kappa shape index (κ2) is 5.62. The summed E-state index contributed by atoms with van der Waals surface area (Å²) in [5.74, 6) is 0. The van der Waals surface area contributed by atoms with Crippen LogP contribution in [0.25, 0.3) is 27.6 Å². The third kappa shape index (κ3) is 2.47. The average molecular weight is 295 g/mol. The van der Waals surface area contributed by atoms with Crippen LogP contribution in [-0.2, 0) is 0 Å². The molecule has 0 bridgehead atoms. The monoisotopic (exact) mass is 295 g/mol. The van der Waals surface area contributed by atoms with Crippen molar-refractivity contribution in [2.75, 3.05) is 5.32 Å². The molecule has 0 radical (unpaired) electrons. The molecule has 0 aliphatic carbocycles. The topological polar surface area (TPSA) is 12.0 Å². The van der Waals surface area contributed by atoms with Gasteiger partial charge >= 0.3 is 0 Å². The molecule has 0 atom stereocenters. The molecule has 1 N–H and O–H groups in total. The number of anilines is 2. The fourth-order valence-electron chi connectivity index (χ4n) is 3.02. The van der Waals surface area contributed by atoms with Gasteiger partial charge in [-0.2, -0.15) is 0 Å². The lowest BCUT2D eigenvalue weighted by atomic mass is 10.00. The van der Waals surface area contributed by atoms with Crippen LogP contribution in [0.4, 0.5) is 11.4 Å². The van der Waals surface area contributed by atoms with Crippen LogP contribution >= 0.6 is 0 Å². The number of rotatable bonds is 3. The highest BCUT2D eigenvalue weighted by molar-refractivity contribution is 6.13. The Morgan fingerprint density at radius 2 is 1.35 bits per heavy atom. The molecule has 4 aromatic carbocycles. The lowest BCUT2D eigenvalue weighted by Gasteiger charge is -2.13. The second-order valence-electron chi connectivity index (χ2n) is 5.64. The van der Waals surface area contributed by atoms with Crippen molar-refractivity contribution in [1.82, 2.24) is 0 Å². The molecule has 0 spiro atoms. The van der Waals surface area contributed by atoms with E-state index in [0.29, 0.717) is 0 Å². The third-order valence-electron chi connectivity index (χ3n) is 4.19.